The summed E-state index contributed by atoms with van der Waals surface area (Å²) in [7, 11) is 0. The Hall–Kier alpha value is -1.13. The van der Waals surface area contributed by atoms with E-state index in [4.69, 9.17) is 11.6 Å². The van der Waals surface area contributed by atoms with Crippen LogP contribution in [-0.4, -0.2) is 11.5 Å². The van der Waals surface area contributed by atoms with Crippen molar-refractivity contribution >= 4 is 17.3 Å². The number of non-ortho nitro benzene ring substituents is 1. The van der Waals surface area contributed by atoms with Crippen LogP contribution in [0.2, 0.25) is 5.02 Å². The molecule has 0 heterocycles. The second-order valence-electron chi connectivity index (χ2n) is 6.66. The number of hydrogen-bond acceptors (Lipinski definition) is 3. The molecule has 20 heavy (non-hydrogen) atoms. The molecule has 5 heteroatoms. The number of rotatable bonds is 5. The molecule has 1 aliphatic rings. The molecule has 1 fully saturated rings. The molecule has 2 rings (SSSR count). The van der Waals surface area contributed by atoms with Gasteiger partial charge in [-0.25, -0.2) is 0 Å². The van der Waals surface area contributed by atoms with E-state index in [0.29, 0.717) is 28.3 Å². The van der Waals surface area contributed by atoms with E-state index in [0.717, 1.165) is 12.1 Å². The lowest BCUT2D eigenvalue weighted by Crippen LogP contribution is -2.19. The topological polar surface area (TPSA) is 55.2 Å². The minimum Gasteiger partial charge on any atom is -0.312 e. The highest BCUT2D eigenvalue weighted by Crippen LogP contribution is 2.67. The Bertz CT molecular complexity index is 527. The van der Waals surface area contributed by atoms with Gasteiger partial charge in [-0.2, -0.15) is 0 Å². The van der Waals surface area contributed by atoms with Gasteiger partial charge in [-0.1, -0.05) is 39.3 Å². The number of hydrogen-bond donors (Lipinski definition) is 1. The molecule has 0 amide bonds. The zero-order valence-electron chi connectivity index (χ0n) is 12.4. The highest BCUT2D eigenvalue weighted by Gasteiger charge is 2.63. The highest BCUT2D eigenvalue weighted by atomic mass is 35.5. The summed E-state index contributed by atoms with van der Waals surface area (Å²) in [6, 6.07) is 4.62. The van der Waals surface area contributed by atoms with Crippen LogP contribution in [0.1, 0.15) is 33.3 Å². The molecule has 0 aliphatic heterocycles. The Morgan fingerprint density at radius 2 is 1.90 bits per heavy atom. The standard InChI is InChI=1S/C15H21ClN2O2/c1-14(2)13(15(14,3)4)9-17-8-10-5-6-11(18(19)20)7-12(10)16/h5-7,13,17H,8-9H2,1-4H3. The lowest BCUT2D eigenvalue weighted by atomic mass is 10.0. The summed E-state index contributed by atoms with van der Waals surface area (Å²) in [5.74, 6) is 0.645. The lowest BCUT2D eigenvalue weighted by Gasteiger charge is -2.08. The largest absolute Gasteiger partial charge is 0.312 e. The number of halogens is 1. The van der Waals surface area contributed by atoms with Crippen LogP contribution in [0.5, 0.6) is 0 Å². The second-order valence-corrected chi connectivity index (χ2v) is 7.07. The predicted octanol–water partition coefficient (Wildman–Crippen LogP) is 4.02. The van der Waals surface area contributed by atoms with E-state index in [1.807, 2.05) is 0 Å². The van der Waals surface area contributed by atoms with Crippen LogP contribution >= 0.6 is 11.6 Å². The average Bonchev–Trinajstić information content (AvgIpc) is 2.73. The lowest BCUT2D eigenvalue weighted by molar-refractivity contribution is -0.384. The molecule has 0 spiro atoms. The van der Waals surface area contributed by atoms with Gasteiger partial charge in [-0.3, -0.25) is 10.1 Å². The first-order valence-corrected chi connectivity index (χ1v) is 7.19. The van der Waals surface area contributed by atoms with E-state index in [1.165, 1.54) is 12.1 Å². The summed E-state index contributed by atoms with van der Waals surface area (Å²) >= 11 is 6.07. The van der Waals surface area contributed by atoms with Gasteiger partial charge in [0.05, 0.1) is 9.95 Å². The molecule has 0 radical (unpaired) electrons. The number of nitro groups is 1. The zero-order chi connectivity index (χ0) is 15.1. The molecule has 0 saturated heterocycles. The first kappa shape index (κ1) is 15.3. The van der Waals surface area contributed by atoms with E-state index in [9.17, 15) is 10.1 Å². The smallest absolute Gasteiger partial charge is 0.270 e. The summed E-state index contributed by atoms with van der Waals surface area (Å²) in [5, 5.41) is 14.5. The van der Waals surface area contributed by atoms with Crippen LogP contribution in [0.15, 0.2) is 18.2 Å². The molecule has 0 aromatic heterocycles. The quantitative estimate of drug-likeness (QED) is 0.659. The maximum absolute atomic E-state index is 10.7. The third-order valence-corrected chi connectivity index (χ3v) is 5.58. The summed E-state index contributed by atoms with van der Waals surface area (Å²) in [4.78, 5) is 10.2. The fourth-order valence-corrected chi connectivity index (χ4v) is 3.23. The van der Waals surface area contributed by atoms with Gasteiger partial charge >= 0.3 is 0 Å². The highest BCUT2D eigenvalue weighted by molar-refractivity contribution is 6.31. The minimum absolute atomic E-state index is 0.0307. The van der Waals surface area contributed by atoms with Crippen molar-refractivity contribution in [3.8, 4) is 0 Å². The summed E-state index contributed by atoms with van der Waals surface area (Å²) in [5.41, 5.74) is 1.65. The van der Waals surface area contributed by atoms with Crippen LogP contribution in [0.3, 0.4) is 0 Å². The fraction of sp³-hybridized carbons (Fsp3) is 0.600. The molecule has 0 bridgehead atoms. The fourth-order valence-electron chi connectivity index (χ4n) is 2.99. The number of nitro benzene ring substituents is 1. The molecular weight excluding hydrogens is 276 g/mol. The molecule has 1 aromatic carbocycles. The van der Waals surface area contributed by atoms with Gasteiger partial charge in [-0.05, 0) is 34.9 Å². The van der Waals surface area contributed by atoms with E-state index >= 15 is 0 Å². The molecule has 1 N–H and O–H groups in total. The van der Waals surface area contributed by atoms with Gasteiger partial charge in [0, 0.05) is 18.7 Å². The Morgan fingerprint density at radius 1 is 1.30 bits per heavy atom. The SMILES string of the molecule is CC1(C)C(CNCc2ccc([N+](=O)[O-])cc2Cl)C1(C)C. The number of nitrogens with one attached hydrogen (secondary N) is 1. The third-order valence-electron chi connectivity index (χ3n) is 5.23. The van der Waals surface area contributed by atoms with Gasteiger partial charge in [0.1, 0.15) is 0 Å². The molecule has 110 valence electrons. The van der Waals surface area contributed by atoms with Gasteiger partial charge in [0.15, 0.2) is 0 Å². The first-order valence-electron chi connectivity index (χ1n) is 6.81. The van der Waals surface area contributed by atoms with Crippen LogP contribution in [-0.2, 0) is 6.54 Å². The van der Waals surface area contributed by atoms with Crippen molar-refractivity contribution in [2.45, 2.75) is 34.2 Å². The Balaban J connectivity index is 1.91. The average molecular weight is 297 g/mol. The maximum Gasteiger partial charge on any atom is 0.270 e. The van der Waals surface area contributed by atoms with Crippen molar-refractivity contribution in [3.63, 3.8) is 0 Å². The normalized spacial score (nSPS) is 19.9. The van der Waals surface area contributed by atoms with Gasteiger partial charge in [-0.15, -0.1) is 0 Å². The Morgan fingerprint density at radius 3 is 2.35 bits per heavy atom. The summed E-state index contributed by atoms with van der Waals surface area (Å²) < 4.78 is 0. The molecule has 4 nitrogen and oxygen atoms in total. The molecule has 1 aromatic rings. The van der Waals surface area contributed by atoms with Crippen molar-refractivity contribution in [3.05, 3.63) is 38.9 Å². The van der Waals surface area contributed by atoms with Crippen molar-refractivity contribution < 1.29 is 4.92 Å². The van der Waals surface area contributed by atoms with Crippen LogP contribution in [0.25, 0.3) is 0 Å². The monoisotopic (exact) mass is 296 g/mol. The molecular formula is C15H21ClN2O2. The van der Waals surface area contributed by atoms with E-state index < -0.39 is 4.92 Å². The Kier molecular flexibility index (Phi) is 3.82. The van der Waals surface area contributed by atoms with E-state index in [-0.39, 0.29) is 5.69 Å². The van der Waals surface area contributed by atoms with Crippen LogP contribution < -0.4 is 5.32 Å². The molecule has 0 atom stereocenters. The number of benzene rings is 1. The molecule has 0 unspecified atom stereocenters. The van der Waals surface area contributed by atoms with E-state index in [2.05, 4.69) is 33.0 Å². The van der Waals surface area contributed by atoms with Gasteiger partial charge < -0.3 is 5.32 Å². The minimum atomic E-state index is -0.432. The van der Waals surface area contributed by atoms with Crippen molar-refractivity contribution in [1.82, 2.24) is 5.32 Å². The summed E-state index contributed by atoms with van der Waals surface area (Å²) in [6.07, 6.45) is 0. The maximum atomic E-state index is 10.7. The van der Waals surface area contributed by atoms with Gasteiger partial charge in [0.25, 0.3) is 5.69 Å². The second kappa shape index (κ2) is 5.01. The Labute approximate surface area is 124 Å². The number of nitrogens with zero attached hydrogens (tertiary/aromatic N) is 1. The van der Waals surface area contributed by atoms with E-state index in [1.54, 1.807) is 6.07 Å². The van der Waals surface area contributed by atoms with Crippen molar-refractivity contribution in [2.75, 3.05) is 6.54 Å². The molecule has 1 aliphatic carbocycles. The predicted molar refractivity (Wildman–Crippen MR) is 80.9 cm³/mol. The first-order chi connectivity index (χ1) is 9.18. The van der Waals surface area contributed by atoms with Crippen LogP contribution in [0.4, 0.5) is 5.69 Å². The van der Waals surface area contributed by atoms with Gasteiger partial charge in [0.2, 0.25) is 0 Å². The van der Waals surface area contributed by atoms with Crippen molar-refractivity contribution in [2.24, 2.45) is 16.7 Å². The zero-order valence-corrected chi connectivity index (χ0v) is 13.1. The molecule has 1 saturated carbocycles. The summed E-state index contributed by atoms with van der Waals surface area (Å²) in [6.45, 7) is 10.7. The van der Waals surface area contributed by atoms with Crippen molar-refractivity contribution in [1.29, 1.82) is 0 Å². The third kappa shape index (κ3) is 2.54. The van der Waals surface area contributed by atoms with Crippen LogP contribution in [0, 0.1) is 26.9 Å².